The van der Waals surface area contributed by atoms with E-state index in [1.54, 1.807) is 24.5 Å². The normalized spacial score (nSPS) is 11.8. The lowest BCUT2D eigenvalue weighted by molar-refractivity contribution is 0.262. The van der Waals surface area contributed by atoms with Gasteiger partial charge in [-0.25, -0.2) is 23.5 Å². The van der Waals surface area contributed by atoms with Gasteiger partial charge in [-0.3, -0.25) is 5.32 Å². The Morgan fingerprint density at radius 2 is 1.82 bits per heavy atom. The van der Waals surface area contributed by atoms with Crippen molar-refractivity contribution in [3.63, 3.8) is 0 Å². The Labute approximate surface area is 164 Å². The van der Waals surface area contributed by atoms with E-state index in [2.05, 4.69) is 20.6 Å². The molecule has 28 heavy (non-hydrogen) atoms. The summed E-state index contributed by atoms with van der Waals surface area (Å²) in [6.07, 6.45) is 6.68. The number of urea groups is 1. The topological polar surface area (TPSA) is 80.0 Å². The molecule has 0 radical (unpaired) electrons. The quantitative estimate of drug-likeness (QED) is 0.600. The van der Waals surface area contributed by atoms with Crippen LogP contribution >= 0.6 is 11.3 Å². The first-order valence-electron chi connectivity index (χ1n) is 8.34. The predicted octanol–water partition coefficient (Wildman–Crippen LogP) is 5.52. The van der Waals surface area contributed by atoms with Gasteiger partial charge in [0.15, 0.2) is 5.13 Å². The SMILES string of the molecule is CC(C)(C)c1cnc(C=Cc2cnc(NC(=O)Nc3c(F)cccc3F)s2)o1. The van der Waals surface area contributed by atoms with Crippen LogP contribution in [-0.2, 0) is 5.41 Å². The molecule has 9 heteroatoms. The summed E-state index contributed by atoms with van der Waals surface area (Å²) < 4.78 is 32.8. The molecule has 2 heterocycles. The molecule has 0 fully saturated rings. The number of carbonyl (C=O) groups is 1. The second-order valence-electron chi connectivity index (χ2n) is 6.89. The average molecular weight is 404 g/mol. The molecule has 0 bridgehead atoms. The van der Waals surface area contributed by atoms with Crippen molar-refractivity contribution in [3.8, 4) is 0 Å². The van der Waals surface area contributed by atoms with Crippen molar-refractivity contribution in [1.29, 1.82) is 0 Å². The number of amides is 2. The van der Waals surface area contributed by atoms with Gasteiger partial charge < -0.3 is 9.73 Å². The van der Waals surface area contributed by atoms with Gasteiger partial charge in [0.25, 0.3) is 0 Å². The highest BCUT2D eigenvalue weighted by atomic mass is 32.1. The standard InChI is InChI=1S/C19H18F2N4O2S/c1-19(2,3)14-10-22-15(27-14)8-7-11-9-23-18(28-11)25-17(26)24-16-12(20)5-4-6-13(16)21/h4-10H,1-3H3,(H2,23,24,25,26). The second-order valence-corrected chi connectivity index (χ2v) is 7.95. The Morgan fingerprint density at radius 3 is 2.46 bits per heavy atom. The third-order valence-electron chi connectivity index (χ3n) is 3.60. The number of nitrogens with zero attached hydrogens (tertiary/aromatic N) is 2. The van der Waals surface area contributed by atoms with Crippen LogP contribution in [0.2, 0.25) is 0 Å². The van der Waals surface area contributed by atoms with Gasteiger partial charge >= 0.3 is 6.03 Å². The van der Waals surface area contributed by atoms with Crippen molar-refractivity contribution >= 4 is 40.3 Å². The number of halogens is 2. The fraction of sp³-hybridized carbons (Fsp3) is 0.211. The Bertz CT molecular complexity index is 1000. The molecule has 0 spiro atoms. The zero-order valence-corrected chi connectivity index (χ0v) is 16.2. The van der Waals surface area contributed by atoms with E-state index in [1.807, 2.05) is 20.8 Å². The second kappa shape index (κ2) is 7.89. The Morgan fingerprint density at radius 1 is 1.11 bits per heavy atom. The molecule has 0 unspecified atom stereocenters. The number of para-hydroxylation sites is 1. The van der Waals surface area contributed by atoms with Gasteiger partial charge in [0, 0.05) is 22.6 Å². The largest absolute Gasteiger partial charge is 0.441 e. The Balaban J connectivity index is 1.62. The van der Waals surface area contributed by atoms with Crippen molar-refractivity contribution in [2.75, 3.05) is 10.6 Å². The van der Waals surface area contributed by atoms with Crippen LogP contribution in [0.4, 0.5) is 24.4 Å². The van der Waals surface area contributed by atoms with Gasteiger partial charge in [0.1, 0.15) is 23.1 Å². The van der Waals surface area contributed by atoms with Crippen molar-refractivity contribution < 1.29 is 18.0 Å². The lowest BCUT2D eigenvalue weighted by Gasteiger charge is -2.12. The maximum atomic E-state index is 13.6. The molecule has 3 aromatic rings. The first kappa shape index (κ1) is 19.7. The molecule has 3 rings (SSSR count). The number of rotatable bonds is 4. The lowest BCUT2D eigenvalue weighted by Crippen LogP contribution is -2.20. The highest BCUT2D eigenvalue weighted by Gasteiger charge is 2.18. The molecule has 0 aliphatic rings. The number of aromatic nitrogens is 2. The summed E-state index contributed by atoms with van der Waals surface area (Å²) in [4.78, 5) is 20.9. The molecular formula is C19H18F2N4O2S. The molecule has 2 N–H and O–H groups in total. The zero-order valence-electron chi connectivity index (χ0n) is 15.4. The summed E-state index contributed by atoms with van der Waals surface area (Å²) in [5, 5.41) is 4.85. The van der Waals surface area contributed by atoms with Crippen LogP contribution in [0.5, 0.6) is 0 Å². The van der Waals surface area contributed by atoms with Crippen molar-refractivity contribution in [2.24, 2.45) is 0 Å². The highest BCUT2D eigenvalue weighted by Crippen LogP contribution is 2.25. The molecule has 0 aliphatic carbocycles. The minimum Gasteiger partial charge on any atom is -0.441 e. The van der Waals surface area contributed by atoms with Crippen LogP contribution in [0.1, 0.15) is 37.3 Å². The number of benzene rings is 1. The zero-order chi connectivity index (χ0) is 20.3. The number of anilines is 2. The molecule has 146 valence electrons. The minimum absolute atomic E-state index is 0.133. The van der Waals surface area contributed by atoms with E-state index >= 15 is 0 Å². The number of carbonyl (C=O) groups excluding carboxylic acids is 1. The molecule has 0 aliphatic heterocycles. The third kappa shape index (κ3) is 4.80. The first-order chi connectivity index (χ1) is 13.2. The maximum Gasteiger partial charge on any atom is 0.325 e. The molecule has 1 aromatic carbocycles. The van der Waals surface area contributed by atoms with Crippen LogP contribution in [0.15, 0.2) is 35.0 Å². The molecule has 6 nitrogen and oxygen atoms in total. The summed E-state index contributed by atoms with van der Waals surface area (Å²) in [6, 6.07) is 2.53. The van der Waals surface area contributed by atoms with E-state index in [-0.39, 0.29) is 10.5 Å². The van der Waals surface area contributed by atoms with Gasteiger partial charge in [-0.2, -0.15) is 0 Å². The monoisotopic (exact) mass is 404 g/mol. The molecular weight excluding hydrogens is 386 g/mol. The molecule has 0 saturated carbocycles. The maximum absolute atomic E-state index is 13.6. The van der Waals surface area contributed by atoms with Gasteiger partial charge in [-0.05, 0) is 18.2 Å². The number of oxazole rings is 1. The van der Waals surface area contributed by atoms with Crippen molar-refractivity contribution in [3.05, 3.63) is 58.8 Å². The van der Waals surface area contributed by atoms with E-state index in [4.69, 9.17) is 4.42 Å². The lowest BCUT2D eigenvalue weighted by atomic mass is 9.94. The molecule has 0 atom stereocenters. The number of hydrogen-bond donors (Lipinski definition) is 2. The van der Waals surface area contributed by atoms with E-state index in [1.165, 1.54) is 17.4 Å². The molecule has 2 amide bonds. The van der Waals surface area contributed by atoms with E-state index in [0.717, 1.165) is 22.8 Å². The minimum atomic E-state index is -0.863. The summed E-state index contributed by atoms with van der Waals surface area (Å²) in [5.41, 5.74) is -0.652. The summed E-state index contributed by atoms with van der Waals surface area (Å²) in [7, 11) is 0. The summed E-state index contributed by atoms with van der Waals surface area (Å²) in [6.45, 7) is 6.08. The van der Waals surface area contributed by atoms with Crippen LogP contribution in [0.3, 0.4) is 0 Å². The van der Waals surface area contributed by atoms with Crippen LogP contribution in [0, 0.1) is 11.6 Å². The Hall–Kier alpha value is -3.07. The van der Waals surface area contributed by atoms with Crippen LogP contribution in [-0.4, -0.2) is 16.0 Å². The predicted molar refractivity (Wildman–Crippen MR) is 105 cm³/mol. The highest BCUT2D eigenvalue weighted by molar-refractivity contribution is 7.16. The number of hydrogen-bond acceptors (Lipinski definition) is 5. The van der Waals surface area contributed by atoms with E-state index in [9.17, 15) is 13.6 Å². The van der Waals surface area contributed by atoms with E-state index < -0.39 is 23.4 Å². The fourth-order valence-corrected chi connectivity index (χ4v) is 2.86. The molecule has 0 saturated heterocycles. The Kier molecular flexibility index (Phi) is 5.55. The summed E-state index contributed by atoms with van der Waals surface area (Å²) in [5.74, 6) is -0.492. The van der Waals surface area contributed by atoms with Gasteiger partial charge in [0.2, 0.25) is 5.89 Å². The van der Waals surface area contributed by atoms with Gasteiger partial charge in [-0.1, -0.05) is 38.2 Å². The third-order valence-corrected chi connectivity index (χ3v) is 4.48. The summed E-state index contributed by atoms with van der Waals surface area (Å²) >= 11 is 1.18. The van der Waals surface area contributed by atoms with E-state index in [0.29, 0.717) is 5.89 Å². The number of nitrogens with one attached hydrogen (secondary N) is 2. The number of thiazole rings is 1. The average Bonchev–Trinajstić information content (AvgIpc) is 3.25. The van der Waals surface area contributed by atoms with Crippen LogP contribution in [0.25, 0.3) is 12.2 Å². The van der Waals surface area contributed by atoms with Gasteiger partial charge in [-0.15, -0.1) is 0 Å². The van der Waals surface area contributed by atoms with Crippen molar-refractivity contribution in [2.45, 2.75) is 26.2 Å². The smallest absolute Gasteiger partial charge is 0.325 e. The fourth-order valence-electron chi connectivity index (χ4n) is 2.15. The van der Waals surface area contributed by atoms with Gasteiger partial charge in [0.05, 0.1) is 6.20 Å². The first-order valence-corrected chi connectivity index (χ1v) is 9.16. The molecule has 2 aromatic heterocycles. The van der Waals surface area contributed by atoms with Crippen molar-refractivity contribution in [1.82, 2.24) is 9.97 Å². The van der Waals surface area contributed by atoms with Crippen LogP contribution < -0.4 is 10.6 Å².